The van der Waals surface area contributed by atoms with Crippen LogP contribution in [0.1, 0.15) is 25.3 Å². The molecule has 0 spiro atoms. The minimum Gasteiger partial charge on any atom is -0.491 e. The van der Waals surface area contributed by atoms with Crippen molar-refractivity contribution in [1.29, 1.82) is 0 Å². The fraction of sp³-hybridized carbons (Fsp3) is 0.529. The molecule has 0 saturated carbocycles. The molecule has 23 heavy (non-hydrogen) atoms. The van der Waals surface area contributed by atoms with Gasteiger partial charge < -0.3 is 20.1 Å². The van der Waals surface area contributed by atoms with Crippen LogP contribution in [0.3, 0.4) is 0 Å². The average Bonchev–Trinajstić information content (AvgIpc) is 2.53. The zero-order valence-corrected chi connectivity index (χ0v) is 13.7. The van der Waals surface area contributed by atoms with E-state index in [9.17, 15) is 14.7 Å². The van der Waals surface area contributed by atoms with Gasteiger partial charge in [0.2, 0.25) is 5.91 Å². The molecule has 0 aromatic heterocycles. The summed E-state index contributed by atoms with van der Waals surface area (Å²) in [6.45, 7) is 4.65. The van der Waals surface area contributed by atoms with Gasteiger partial charge in [-0.25, -0.2) is 0 Å². The molecule has 1 aromatic rings. The lowest BCUT2D eigenvalue weighted by molar-refractivity contribution is -0.150. The molecule has 1 aromatic carbocycles. The molecular formula is C17H24N2O4. The number of β-amino-alcohol motifs (C(OH)–C–C–N with tert-alkyl or cyclic N) is 1. The normalized spacial score (nSPS) is 20.9. The Hall–Kier alpha value is -2.08. The zero-order valence-electron chi connectivity index (χ0n) is 13.7. The summed E-state index contributed by atoms with van der Waals surface area (Å²) in [6, 6.07) is 7.65. The summed E-state index contributed by atoms with van der Waals surface area (Å²) >= 11 is 0. The quantitative estimate of drug-likeness (QED) is 0.789. The number of rotatable bonds is 5. The predicted molar refractivity (Wildman–Crippen MR) is 86.1 cm³/mol. The number of likely N-dealkylation sites (tertiary alicyclic amines) is 1. The molecule has 0 aliphatic carbocycles. The van der Waals surface area contributed by atoms with Crippen LogP contribution in [-0.2, 0) is 9.59 Å². The van der Waals surface area contributed by atoms with Crippen molar-refractivity contribution in [3.8, 4) is 5.75 Å². The minimum atomic E-state index is -1.51. The topological polar surface area (TPSA) is 78.9 Å². The lowest BCUT2D eigenvalue weighted by Gasteiger charge is -2.37. The van der Waals surface area contributed by atoms with E-state index in [2.05, 4.69) is 5.32 Å². The van der Waals surface area contributed by atoms with E-state index < -0.39 is 11.5 Å². The van der Waals surface area contributed by atoms with E-state index in [0.29, 0.717) is 32.5 Å². The van der Waals surface area contributed by atoms with Gasteiger partial charge in [-0.05, 0) is 31.4 Å². The second kappa shape index (κ2) is 7.46. The van der Waals surface area contributed by atoms with Crippen LogP contribution in [0, 0.1) is 6.92 Å². The van der Waals surface area contributed by atoms with E-state index in [4.69, 9.17) is 4.74 Å². The van der Waals surface area contributed by atoms with Crippen molar-refractivity contribution < 1.29 is 19.4 Å². The fourth-order valence-electron chi connectivity index (χ4n) is 2.70. The number of nitrogens with zero attached hydrogens (tertiary/aromatic N) is 1. The van der Waals surface area contributed by atoms with Gasteiger partial charge >= 0.3 is 0 Å². The predicted octanol–water partition coefficient (Wildman–Crippen LogP) is 0.863. The number of hydrogen-bond acceptors (Lipinski definition) is 4. The first kappa shape index (κ1) is 17.3. The largest absolute Gasteiger partial charge is 0.491 e. The number of para-hydroxylation sites is 1. The van der Waals surface area contributed by atoms with E-state index in [1.165, 1.54) is 11.8 Å². The number of carbonyl (C=O) groups excluding carboxylic acids is 2. The molecular weight excluding hydrogens is 296 g/mol. The number of amides is 2. The lowest BCUT2D eigenvalue weighted by atomic mass is 9.92. The van der Waals surface area contributed by atoms with Crippen molar-refractivity contribution in [2.75, 3.05) is 26.2 Å². The maximum absolute atomic E-state index is 12.2. The number of carbonyl (C=O) groups is 2. The van der Waals surface area contributed by atoms with Crippen molar-refractivity contribution >= 4 is 11.8 Å². The van der Waals surface area contributed by atoms with E-state index >= 15 is 0 Å². The van der Waals surface area contributed by atoms with Crippen molar-refractivity contribution in [3.05, 3.63) is 29.8 Å². The first-order valence-electron chi connectivity index (χ1n) is 7.87. The van der Waals surface area contributed by atoms with Gasteiger partial charge in [-0.15, -0.1) is 0 Å². The van der Waals surface area contributed by atoms with Crippen molar-refractivity contribution in [1.82, 2.24) is 10.2 Å². The Balaban J connectivity index is 1.80. The highest BCUT2D eigenvalue weighted by molar-refractivity contribution is 5.86. The Morgan fingerprint density at radius 1 is 1.39 bits per heavy atom. The van der Waals surface area contributed by atoms with E-state index in [1.807, 2.05) is 31.2 Å². The molecule has 2 amide bonds. The van der Waals surface area contributed by atoms with E-state index in [0.717, 1.165) is 11.3 Å². The fourth-order valence-corrected chi connectivity index (χ4v) is 2.70. The Morgan fingerprint density at radius 3 is 2.83 bits per heavy atom. The Bertz CT molecular complexity index is 575. The first-order chi connectivity index (χ1) is 10.9. The summed E-state index contributed by atoms with van der Waals surface area (Å²) in [6.07, 6.45) is 0.977. The van der Waals surface area contributed by atoms with Crippen LogP contribution < -0.4 is 10.1 Å². The molecule has 6 heteroatoms. The molecule has 1 aliphatic heterocycles. The SMILES string of the molecule is CC(=O)N1CCC[C@](O)(C(=O)NCCOc2ccccc2C)C1. The lowest BCUT2D eigenvalue weighted by Crippen LogP contribution is -2.58. The van der Waals surface area contributed by atoms with Crippen molar-refractivity contribution in [3.63, 3.8) is 0 Å². The third-order valence-corrected chi connectivity index (χ3v) is 4.08. The summed E-state index contributed by atoms with van der Waals surface area (Å²) in [5, 5.41) is 13.2. The smallest absolute Gasteiger partial charge is 0.253 e. The third-order valence-electron chi connectivity index (χ3n) is 4.08. The highest BCUT2D eigenvalue weighted by Gasteiger charge is 2.40. The molecule has 1 heterocycles. The van der Waals surface area contributed by atoms with Crippen LogP contribution >= 0.6 is 0 Å². The Labute approximate surface area is 136 Å². The highest BCUT2D eigenvalue weighted by atomic mass is 16.5. The maximum atomic E-state index is 12.2. The molecule has 0 bridgehead atoms. The van der Waals surface area contributed by atoms with Crippen LogP contribution in [-0.4, -0.2) is 53.7 Å². The van der Waals surface area contributed by atoms with Crippen LogP contribution in [0.4, 0.5) is 0 Å². The molecule has 1 fully saturated rings. The molecule has 0 unspecified atom stereocenters. The molecule has 0 radical (unpaired) electrons. The number of aryl methyl sites for hydroxylation is 1. The number of benzene rings is 1. The second-order valence-corrected chi connectivity index (χ2v) is 5.95. The van der Waals surface area contributed by atoms with Crippen molar-refractivity contribution in [2.45, 2.75) is 32.3 Å². The minimum absolute atomic E-state index is 0.0484. The number of hydrogen-bond donors (Lipinski definition) is 2. The molecule has 6 nitrogen and oxygen atoms in total. The number of nitrogens with one attached hydrogen (secondary N) is 1. The number of aliphatic hydroxyl groups is 1. The molecule has 1 atom stereocenters. The van der Waals surface area contributed by atoms with Gasteiger partial charge in [-0.1, -0.05) is 18.2 Å². The van der Waals surface area contributed by atoms with Gasteiger partial charge in [0.05, 0.1) is 13.1 Å². The molecule has 126 valence electrons. The molecule has 1 aliphatic rings. The van der Waals surface area contributed by atoms with Gasteiger partial charge in [0.1, 0.15) is 12.4 Å². The summed E-state index contributed by atoms with van der Waals surface area (Å²) < 4.78 is 5.61. The van der Waals surface area contributed by atoms with Gasteiger partial charge in [0.25, 0.3) is 5.91 Å². The molecule has 2 rings (SSSR count). The second-order valence-electron chi connectivity index (χ2n) is 5.95. The number of piperidine rings is 1. The van der Waals surface area contributed by atoms with E-state index in [1.54, 1.807) is 0 Å². The van der Waals surface area contributed by atoms with Gasteiger partial charge in [0, 0.05) is 13.5 Å². The Morgan fingerprint density at radius 2 is 2.13 bits per heavy atom. The first-order valence-corrected chi connectivity index (χ1v) is 7.87. The average molecular weight is 320 g/mol. The van der Waals surface area contributed by atoms with Crippen LogP contribution in [0.25, 0.3) is 0 Å². The monoisotopic (exact) mass is 320 g/mol. The summed E-state index contributed by atoms with van der Waals surface area (Å²) in [4.78, 5) is 25.1. The zero-order chi connectivity index (χ0) is 16.9. The summed E-state index contributed by atoms with van der Waals surface area (Å²) in [5.74, 6) is 0.205. The van der Waals surface area contributed by atoms with Gasteiger partial charge in [0.15, 0.2) is 5.60 Å². The number of ether oxygens (including phenoxy) is 1. The maximum Gasteiger partial charge on any atom is 0.253 e. The van der Waals surface area contributed by atoms with Crippen LogP contribution in [0.5, 0.6) is 5.75 Å². The standard InChI is InChI=1S/C17H24N2O4/c1-13-6-3-4-7-15(13)23-11-9-18-16(21)17(22)8-5-10-19(12-17)14(2)20/h3-4,6-7,22H,5,8-12H2,1-2H3,(H,18,21)/t17-/m1/s1. The van der Waals surface area contributed by atoms with Crippen LogP contribution in [0.2, 0.25) is 0 Å². The molecule has 1 saturated heterocycles. The summed E-state index contributed by atoms with van der Waals surface area (Å²) in [7, 11) is 0. The third kappa shape index (κ3) is 4.45. The Kier molecular flexibility index (Phi) is 5.60. The highest BCUT2D eigenvalue weighted by Crippen LogP contribution is 2.21. The van der Waals surface area contributed by atoms with E-state index in [-0.39, 0.29) is 12.5 Å². The van der Waals surface area contributed by atoms with Gasteiger partial charge in [-0.3, -0.25) is 9.59 Å². The van der Waals surface area contributed by atoms with Gasteiger partial charge in [-0.2, -0.15) is 0 Å². The van der Waals surface area contributed by atoms with Crippen molar-refractivity contribution in [2.24, 2.45) is 0 Å². The summed E-state index contributed by atoms with van der Waals surface area (Å²) in [5.41, 5.74) is -0.478. The van der Waals surface area contributed by atoms with Crippen LogP contribution in [0.15, 0.2) is 24.3 Å². The molecule has 2 N–H and O–H groups in total.